The molecule has 2 aliphatic heterocycles. The first-order valence-corrected chi connectivity index (χ1v) is 18.5. The number of rotatable bonds is 6. The topological polar surface area (TPSA) is 136 Å². The Bertz CT molecular complexity index is 1300. The van der Waals surface area contributed by atoms with Crippen molar-refractivity contribution in [1.82, 2.24) is 24.4 Å². The average molecular weight is 690 g/mol. The number of imidazole rings is 2. The molecule has 14 heteroatoms. The predicted octanol–water partition coefficient (Wildman–Crippen LogP) is 6.07. The monoisotopic (exact) mass is 689 g/mol. The van der Waals surface area contributed by atoms with Gasteiger partial charge in [0.25, 0.3) is 0 Å². The minimum atomic E-state index is -0.809. The number of hydrogen-bond acceptors (Lipinski definition) is 8. The molecule has 256 valence electrons. The summed E-state index contributed by atoms with van der Waals surface area (Å²) in [7, 11) is 0.233. The molecular weight excluding hydrogens is 638 g/mol. The van der Waals surface area contributed by atoms with Crippen LogP contribution in [0.4, 0.5) is 9.59 Å². The van der Waals surface area contributed by atoms with Crippen LogP contribution >= 0.6 is 12.4 Å². The molecule has 0 spiro atoms. The first kappa shape index (κ1) is 38.9. The zero-order valence-electron chi connectivity index (χ0n) is 28.1. The molecule has 45 heavy (non-hydrogen) atoms. The van der Waals surface area contributed by atoms with Crippen LogP contribution in [0.25, 0.3) is 0 Å². The molecule has 11 nitrogen and oxygen atoms in total. The first-order valence-electron chi connectivity index (χ1n) is 15.5. The zero-order chi connectivity index (χ0) is 32.7. The van der Waals surface area contributed by atoms with E-state index in [1.807, 2.05) is 6.20 Å². The van der Waals surface area contributed by atoms with Crippen LogP contribution in [0, 0.1) is 0 Å². The van der Waals surface area contributed by atoms with Crippen LogP contribution in [0.1, 0.15) is 115 Å². The molecule has 4 rings (SSSR count). The fourth-order valence-electron chi connectivity index (χ4n) is 5.07. The van der Waals surface area contributed by atoms with E-state index in [1.165, 1.54) is 15.2 Å². The lowest BCUT2D eigenvalue weighted by atomic mass is 10.0. The number of halogens is 1. The van der Waals surface area contributed by atoms with E-state index in [4.69, 9.17) is 9.47 Å². The molecule has 4 heterocycles. The largest absolute Gasteiger partial charge is 0.444 e. The van der Waals surface area contributed by atoms with Gasteiger partial charge in [0.15, 0.2) is 0 Å². The summed E-state index contributed by atoms with van der Waals surface area (Å²) in [6.45, 7) is 13.1. The van der Waals surface area contributed by atoms with E-state index in [2.05, 4.69) is 21.9 Å². The fourth-order valence-corrected chi connectivity index (χ4v) is 7.67. The van der Waals surface area contributed by atoms with Crippen molar-refractivity contribution in [3.8, 4) is 0 Å². The van der Waals surface area contributed by atoms with E-state index in [0.29, 0.717) is 41.8 Å². The molecule has 0 aliphatic carbocycles. The molecule has 1 N–H and O–H groups in total. The van der Waals surface area contributed by atoms with Crippen molar-refractivity contribution in [1.29, 1.82) is 0 Å². The van der Waals surface area contributed by atoms with Crippen LogP contribution in [-0.2, 0) is 44.0 Å². The quantitative estimate of drug-likeness (QED) is 0.386. The van der Waals surface area contributed by atoms with Crippen LogP contribution in [0.2, 0.25) is 0 Å². The van der Waals surface area contributed by atoms with Crippen LogP contribution in [-0.4, -0.2) is 86.3 Å². The van der Waals surface area contributed by atoms with Crippen molar-refractivity contribution < 1.29 is 27.5 Å². The maximum atomic E-state index is 13.0. The second-order valence-electron chi connectivity index (χ2n) is 13.5. The number of amides is 1. The van der Waals surface area contributed by atoms with Gasteiger partial charge >= 0.3 is 12.2 Å². The Kier molecular flexibility index (Phi) is 14.8. The molecule has 2 saturated heterocycles. The average Bonchev–Trinajstić information content (AvgIpc) is 3.56. The Hall–Kier alpha value is -2.25. The Labute approximate surface area is 279 Å². The highest BCUT2D eigenvalue weighted by Gasteiger charge is 2.31. The van der Waals surface area contributed by atoms with E-state index in [9.17, 15) is 18.0 Å². The van der Waals surface area contributed by atoms with E-state index >= 15 is 0 Å². The van der Waals surface area contributed by atoms with Crippen molar-refractivity contribution >= 4 is 46.2 Å². The lowest BCUT2D eigenvalue weighted by Gasteiger charge is -2.26. The molecule has 2 aromatic heterocycles. The molecule has 0 aromatic carbocycles. The van der Waals surface area contributed by atoms with Gasteiger partial charge < -0.3 is 19.4 Å². The molecular formula is C31H52ClN5O6S2. The van der Waals surface area contributed by atoms with E-state index in [1.54, 1.807) is 54.8 Å². The van der Waals surface area contributed by atoms with Gasteiger partial charge in [-0.15, -0.1) is 12.4 Å². The van der Waals surface area contributed by atoms with Crippen LogP contribution in [0.15, 0.2) is 12.4 Å². The number of carbonyl (C=O) groups excluding carboxylic acids is 2. The van der Waals surface area contributed by atoms with Crippen molar-refractivity contribution in [3.63, 3.8) is 0 Å². The molecule has 0 radical (unpaired) electrons. The van der Waals surface area contributed by atoms with Gasteiger partial charge in [-0.1, -0.05) is 13.3 Å². The summed E-state index contributed by atoms with van der Waals surface area (Å²) < 4.78 is 35.4. The summed E-state index contributed by atoms with van der Waals surface area (Å²) >= 11 is 0. The van der Waals surface area contributed by atoms with E-state index in [-0.39, 0.29) is 24.9 Å². The van der Waals surface area contributed by atoms with Crippen molar-refractivity contribution in [3.05, 3.63) is 35.4 Å². The third-order valence-corrected chi connectivity index (χ3v) is 10.0. The second kappa shape index (κ2) is 17.1. The van der Waals surface area contributed by atoms with Crippen LogP contribution in [0.3, 0.4) is 0 Å². The molecule has 2 fully saturated rings. The Balaban J connectivity index is 0.000000369. The molecule has 2 aromatic rings. The number of H-pyrrole nitrogens is 1. The van der Waals surface area contributed by atoms with Gasteiger partial charge in [0.05, 0.1) is 18.4 Å². The van der Waals surface area contributed by atoms with Gasteiger partial charge in [0.2, 0.25) is 0 Å². The highest BCUT2D eigenvalue weighted by Crippen LogP contribution is 2.29. The molecule has 0 saturated carbocycles. The third-order valence-electron chi connectivity index (χ3n) is 7.24. The van der Waals surface area contributed by atoms with E-state index < -0.39 is 45.0 Å². The number of hydrogen-bond donors (Lipinski definition) is 1. The minimum Gasteiger partial charge on any atom is -0.444 e. The number of aromatic nitrogens is 4. The van der Waals surface area contributed by atoms with E-state index in [0.717, 1.165) is 43.0 Å². The SMILES string of the molecule is CCCc1cnc(C2CCS(=O)CC2)[nH]1.CN(Cc1cnc(C2CCS(=O)CC2)n1C(=O)OC(C)(C)C)C(=O)OC(C)(C)C.Cl. The van der Waals surface area contributed by atoms with Gasteiger partial charge in [0.1, 0.15) is 22.9 Å². The maximum Gasteiger partial charge on any atom is 0.420 e. The summed E-state index contributed by atoms with van der Waals surface area (Å²) in [4.78, 5) is 39.0. The van der Waals surface area contributed by atoms with Gasteiger partial charge in [-0.3, -0.25) is 8.42 Å². The fraction of sp³-hybridized carbons (Fsp3) is 0.742. The third kappa shape index (κ3) is 12.5. The van der Waals surface area contributed by atoms with Gasteiger partial charge in [-0.2, -0.15) is 0 Å². The second-order valence-corrected chi connectivity index (χ2v) is 16.9. The summed E-state index contributed by atoms with van der Waals surface area (Å²) in [6.07, 6.45) is 8.21. The lowest BCUT2D eigenvalue weighted by Crippen LogP contribution is -2.35. The van der Waals surface area contributed by atoms with Gasteiger partial charge in [-0.05, 0) is 73.6 Å². The normalized spacial score (nSPS) is 22.0. The lowest BCUT2D eigenvalue weighted by molar-refractivity contribution is 0.0273. The number of ether oxygens (including phenoxy) is 2. The number of nitrogens with one attached hydrogen (secondary N) is 1. The molecule has 2 aliphatic rings. The molecule has 0 unspecified atom stereocenters. The summed E-state index contributed by atoms with van der Waals surface area (Å²) in [5.74, 6) is 5.12. The number of aryl methyl sites for hydroxylation is 1. The number of nitrogens with zero attached hydrogens (tertiary/aromatic N) is 4. The molecule has 0 atom stereocenters. The highest BCUT2D eigenvalue weighted by molar-refractivity contribution is 7.85. The summed E-state index contributed by atoms with van der Waals surface area (Å²) in [5.41, 5.74) is 0.509. The summed E-state index contributed by atoms with van der Waals surface area (Å²) in [5, 5.41) is 0. The predicted molar refractivity (Wildman–Crippen MR) is 181 cm³/mol. The standard InChI is InChI=1S/C20H33N3O5S.C11H18N2OS.ClH/c1-19(2,3)27-17(24)22(7)13-15-12-21-16(14-8-10-29(26)11-9-14)23(15)18(25)28-20(4,5)6;1-2-3-10-8-12-11(13-10)9-4-6-15(14)7-5-9;/h12,14H,8-11,13H2,1-7H3;8-9H,2-7H2,1H3,(H,12,13);1H. The zero-order valence-corrected chi connectivity index (χ0v) is 30.5. The highest BCUT2D eigenvalue weighted by atomic mass is 35.5. The Morgan fingerprint density at radius 1 is 0.911 bits per heavy atom. The molecule has 0 bridgehead atoms. The van der Waals surface area contributed by atoms with Gasteiger partial charge in [0, 0.05) is 75.4 Å². The minimum absolute atomic E-state index is 0. The smallest absolute Gasteiger partial charge is 0.420 e. The Morgan fingerprint density at radius 2 is 1.44 bits per heavy atom. The van der Waals surface area contributed by atoms with Crippen LogP contribution < -0.4 is 0 Å². The number of aromatic amines is 1. The number of carbonyl (C=O) groups is 2. The van der Waals surface area contributed by atoms with Crippen molar-refractivity contribution in [2.24, 2.45) is 0 Å². The molecule has 1 amide bonds. The van der Waals surface area contributed by atoms with Gasteiger partial charge in [-0.25, -0.2) is 24.1 Å². The Morgan fingerprint density at radius 3 is 1.96 bits per heavy atom. The summed E-state index contributed by atoms with van der Waals surface area (Å²) in [6, 6.07) is 0. The maximum absolute atomic E-state index is 13.0. The first-order chi connectivity index (χ1) is 20.6. The van der Waals surface area contributed by atoms with Crippen molar-refractivity contribution in [2.75, 3.05) is 30.1 Å². The van der Waals surface area contributed by atoms with Crippen molar-refractivity contribution in [2.45, 2.75) is 117 Å². The van der Waals surface area contributed by atoms with Crippen LogP contribution in [0.5, 0.6) is 0 Å².